The number of anilines is 1. The molecule has 1 saturated heterocycles. The number of aryl methyl sites for hydroxylation is 2. The van der Waals surface area contributed by atoms with Gasteiger partial charge in [0.25, 0.3) is 5.91 Å². The number of hydrogen-bond acceptors (Lipinski definition) is 3. The van der Waals surface area contributed by atoms with Gasteiger partial charge >= 0.3 is 0 Å². The summed E-state index contributed by atoms with van der Waals surface area (Å²) in [5.74, 6) is 0.332. The highest BCUT2D eigenvalue weighted by molar-refractivity contribution is 7.14. The third kappa shape index (κ3) is 2.48. The molecule has 5 rings (SSSR count). The van der Waals surface area contributed by atoms with Crippen molar-refractivity contribution < 1.29 is 9.59 Å². The average Bonchev–Trinajstić information content (AvgIpc) is 3.23. The zero-order valence-electron chi connectivity index (χ0n) is 15.7. The minimum atomic E-state index is -0.448. The second kappa shape index (κ2) is 6.20. The van der Waals surface area contributed by atoms with E-state index in [1.807, 2.05) is 30.1 Å². The van der Waals surface area contributed by atoms with E-state index in [4.69, 9.17) is 0 Å². The fourth-order valence-corrected chi connectivity index (χ4v) is 6.26. The molecule has 140 valence electrons. The number of carbonyl (C=O) groups is 2. The molecule has 1 spiro atoms. The van der Waals surface area contributed by atoms with E-state index in [-0.39, 0.29) is 11.8 Å². The molecule has 2 aliphatic heterocycles. The summed E-state index contributed by atoms with van der Waals surface area (Å²) < 4.78 is 0. The van der Waals surface area contributed by atoms with Gasteiger partial charge < -0.3 is 9.80 Å². The Hall–Kier alpha value is -2.14. The molecule has 2 aromatic rings. The van der Waals surface area contributed by atoms with Gasteiger partial charge in [-0.2, -0.15) is 0 Å². The lowest BCUT2D eigenvalue weighted by Gasteiger charge is -2.38. The molecule has 0 unspecified atom stereocenters. The number of piperidine rings is 1. The number of carbonyl (C=O) groups excluding carboxylic acids is 2. The molecule has 27 heavy (non-hydrogen) atoms. The summed E-state index contributed by atoms with van der Waals surface area (Å²) in [5.41, 5.74) is 3.09. The average molecular weight is 381 g/mol. The van der Waals surface area contributed by atoms with Gasteiger partial charge in [0.05, 0.1) is 10.3 Å². The predicted octanol–water partition coefficient (Wildman–Crippen LogP) is 3.78. The van der Waals surface area contributed by atoms with Crippen LogP contribution in [0.15, 0.2) is 30.3 Å². The molecule has 0 bridgehead atoms. The summed E-state index contributed by atoms with van der Waals surface area (Å²) >= 11 is 1.68. The van der Waals surface area contributed by atoms with Crippen LogP contribution in [-0.2, 0) is 23.1 Å². The Labute approximate surface area is 163 Å². The van der Waals surface area contributed by atoms with Crippen molar-refractivity contribution in [3.63, 3.8) is 0 Å². The van der Waals surface area contributed by atoms with Crippen LogP contribution < -0.4 is 4.90 Å². The van der Waals surface area contributed by atoms with Gasteiger partial charge in [-0.3, -0.25) is 9.59 Å². The molecule has 0 radical (unpaired) electrons. The van der Waals surface area contributed by atoms with E-state index in [1.54, 1.807) is 16.2 Å². The Kier molecular flexibility index (Phi) is 3.90. The topological polar surface area (TPSA) is 40.6 Å². The van der Waals surface area contributed by atoms with Crippen molar-refractivity contribution in [2.45, 2.75) is 43.9 Å². The van der Waals surface area contributed by atoms with Crippen LogP contribution in [0.4, 0.5) is 5.69 Å². The molecule has 0 saturated carbocycles. The first-order chi connectivity index (χ1) is 13.1. The number of nitrogens with zero attached hydrogens (tertiary/aromatic N) is 2. The van der Waals surface area contributed by atoms with Gasteiger partial charge in [-0.05, 0) is 61.8 Å². The first-order valence-electron chi connectivity index (χ1n) is 9.89. The quantitative estimate of drug-likeness (QED) is 0.755. The second-order valence-electron chi connectivity index (χ2n) is 8.02. The number of hydrogen-bond donors (Lipinski definition) is 0. The highest BCUT2D eigenvalue weighted by Crippen LogP contribution is 2.47. The van der Waals surface area contributed by atoms with Gasteiger partial charge in [0, 0.05) is 30.7 Å². The standard InChI is InChI=1S/C22H24N2O2S/c1-23-17-8-4-3-7-16(17)22(21(23)26)10-12-24(13-11-22)20(25)19-14-15-6-2-5-9-18(15)27-19/h3-4,7-8,14H,2,5-6,9-13H2,1H3. The number of fused-ring (bicyclic) bond motifs is 3. The summed E-state index contributed by atoms with van der Waals surface area (Å²) in [6, 6.07) is 10.2. The van der Waals surface area contributed by atoms with Gasteiger partial charge in [-0.15, -0.1) is 11.3 Å². The molecule has 1 aliphatic carbocycles. The molecular weight excluding hydrogens is 356 g/mol. The van der Waals surface area contributed by atoms with Crippen molar-refractivity contribution in [3.8, 4) is 0 Å². The first-order valence-corrected chi connectivity index (χ1v) is 10.7. The summed E-state index contributed by atoms with van der Waals surface area (Å²) in [4.78, 5) is 32.1. The van der Waals surface area contributed by atoms with Crippen LogP contribution in [0.25, 0.3) is 0 Å². The molecule has 0 N–H and O–H groups in total. The molecule has 4 nitrogen and oxygen atoms in total. The SMILES string of the molecule is CN1C(=O)C2(CCN(C(=O)c3cc4c(s3)CCCC4)CC2)c2ccccc21. The number of likely N-dealkylation sites (tertiary alicyclic amines) is 1. The third-order valence-electron chi connectivity index (χ3n) is 6.61. The number of likely N-dealkylation sites (N-methyl/N-ethyl adjacent to an activating group) is 1. The number of para-hydroxylation sites is 1. The van der Waals surface area contributed by atoms with Crippen molar-refractivity contribution in [3.05, 3.63) is 51.2 Å². The van der Waals surface area contributed by atoms with E-state index in [9.17, 15) is 9.59 Å². The summed E-state index contributed by atoms with van der Waals surface area (Å²) in [6.45, 7) is 1.30. The van der Waals surface area contributed by atoms with E-state index in [0.717, 1.165) is 29.0 Å². The number of amides is 2. The van der Waals surface area contributed by atoms with Crippen LogP contribution in [0.3, 0.4) is 0 Å². The molecule has 1 fully saturated rings. The monoisotopic (exact) mass is 380 g/mol. The maximum absolute atomic E-state index is 13.1. The predicted molar refractivity (Wildman–Crippen MR) is 108 cm³/mol. The minimum absolute atomic E-state index is 0.149. The van der Waals surface area contributed by atoms with Crippen molar-refractivity contribution in [1.29, 1.82) is 0 Å². The number of benzene rings is 1. The largest absolute Gasteiger partial charge is 0.338 e. The van der Waals surface area contributed by atoms with E-state index < -0.39 is 5.41 Å². The normalized spacial score (nSPS) is 20.7. The minimum Gasteiger partial charge on any atom is -0.338 e. The summed E-state index contributed by atoms with van der Waals surface area (Å²) in [7, 11) is 1.86. The van der Waals surface area contributed by atoms with Gasteiger partial charge in [-0.25, -0.2) is 0 Å². The van der Waals surface area contributed by atoms with E-state index in [2.05, 4.69) is 12.1 Å². The van der Waals surface area contributed by atoms with Crippen molar-refractivity contribution >= 4 is 28.8 Å². The Balaban J connectivity index is 1.37. The van der Waals surface area contributed by atoms with Crippen molar-refractivity contribution in [2.75, 3.05) is 25.0 Å². The lowest BCUT2D eigenvalue weighted by Crippen LogP contribution is -2.49. The fourth-order valence-electron chi connectivity index (χ4n) is 5.04. The maximum Gasteiger partial charge on any atom is 0.263 e. The van der Waals surface area contributed by atoms with Crippen LogP contribution >= 0.6 is 11.3 Å². The highest BCUT2D eigenvalue weighted by atomic mass is 32.1. The molecule has 1 aromatic heterocycles. The van der Waals surface area contributed by atoms with Crippen molar-refractivity contribution in [2.24, 2.45) is 0 Å². The van der Waals surface area contributed by atoms with Crippen LogP contribution in [0, 0.1) is 0 Å². The van der Waals surface area contributed by atoms with E-state index in [0.29, 0.717) is 25.9 Å². The van der Waals surface area contributed by atoms with E-state index >= 15 is 0 Å². The lowest BCUT2D eigenvalue weighted by molar-refractivity contribution is -0.124. The van der Waals surface area contributed by atoms with Gasteiger partial charge in [0.2, 0.25) is 5.91 Å². The summed E-state index contributed by atoms with van der Waals surface area (Å²) in [6.07, 6.45) is 6.13. The van der Waals surface area contributed by atoms with Crippen LogP contribution in [0.5, 0.6) is 0 Å². The molecular formula is C22H24N2O2S. The zero-order chi connectivity index (χ0) is 18.6. The molecule has 0 atom stereocenters. The van der Waals surface area contributed by atoms with Crippen LogP contribution in [0.1, 0.15) is 51.4 Å². The van der Waals surface area contributed by atoms with E-state index in [1.165, 1.54) is 23.3 Å². The molecule has 5 heteroatoms. The lowest BCUT2D eigenvalue weighted by atomic mass is 9.73. The van der Waals surface area contributed by atoms with Crippen molar-refractivity contribution in [1.82, 2.24) is 4.90 Å². The number of thiophene rings is 1. The van der Waals surface area contributed by atoms with Crippen LogP contribution in [-0.4, -0.2) is 36.9 Å². The van der Waals surface area contributed by atoms with Gasteiger partial charge in [0.1, 0.15) is 0 Å². The fraction of sp³-hybridized carbons (Fsp3) is 0.455. The smallest absolute Gasteiger partial charge is 0.263 e. The third-order valence-corrected chi connectivity index (χ3v) is 7.83. The second-order valence-corrected chi connectivity index (χ2v) is 9.16. The summed E-state index contributed by atoms with van der Waals surface area (Å²) in [5, 5.41) is 0. The Morgan fingerprint density at radius 3 is 2.63 bits per heavy atom. The molecule has 3 heterocycles. The molecule has 2 amide bonds. The molecule has 3 aliphatic rings. The molecule has 1 aromatic carbocycles. The number of rotatable bonds is 1. The Bertz CT molecular complexity index is 901. The van der Waals surface area contributed by atoms with Crippen LogP contribution in [0.2, 0.25) is 0 Å². The van der Waals surface area contributed by atoms with Gasteiger partial charge in [-0.1, -0.05) is 18.2 Å². The first kappa shape index (κ1) is 17.0. The Morgan fingerprint density at radius 1 is 1.11 bits per heavy atom. The highest BCUT2D eigenvalue weighted by Gasteiger charge is 2.51. The Morgan fingerprint density at radius 2 is 1.85 bits per heavy atom. The van der Waals surface area contributed by atoms with Gasteiger partial charge in [0.15, 0.2) is 0 Å². The zero-order valence-corrected chi connectivity index (χ0v) is 16.5. The maximum atomic E-state index is 13.1.